The van der Waals surface area contributed by atoms with Gasteiger partial charge in [0.1, 0.15) is 5.75 Å². The molecule has 0 spiro atoms. The fourth-order valence-corrected chi connectivity index (χ4v) is 2.25. The Bertz CT molecular complexity index is 412. The Morgan fingerprint density at radius 1 is 1.56 bits per heavy atom. The van der Waals surface area contributed by atoms with Gasteiger partial charge in [0.2, 0.25) is 0 Å². The predicted octanol–water partition coefficient (Wildman–Crippen LogP) is 3.37. The summed E-state index contributed by atoms with van der Waals surface area (Å²) in [6.45, 7) is 4.10. The molecule has 0 fully saturated rings. The second-order valence-electron chi connectivity index (χ2n) is 4.63. The molecule has 1 heterocycles. The highest BCUT2D eigenvalue weighted by atomic mass is 79.9. The molecule has 2 rings (SSSR count). The third-order valence-corrected chi connectivity index (χ3v) is 3.17. The fourth-order valence-electron chi connectivity index (χ4n) is 1.91. The number of fused-ring (bicyclic) bond motifs is 1. The van der Waals surface area contributed by atoms with Crippen molar-refractivity contribution in [3.05, 3.63) is 28.2 Å². The van der Waals surface area contributed by atoms with E-state index in [0.29, 0.717) is 18.8 Å². The Hall–Kier alpha value is -0.830. The Kier molecular flexibility index (Phi) is 3.33. The summed E-state index contributed by atoms with van der Waals surface area (Å²) in [6.07, 6.45) is 1.04. The standard InChI is InChI=1S/C13H15BrO2/c1-8(2)5-11(15)13-6-9-3-4-10(14)7-12(9)16-13/h3-4,7-8,13H,5-6H2,1-2H3. The van der Waals surface area contributed by atoms with Crippen LogP contribution in [0.1, 0.15) is 25.8 Å². The van der Waals surface area contributed by atoms with Crippen LogP contribution in [0.4, 0.5) is 0 Å². The van der Waals surface area contributed by atoms with Crippen molar-refractivity contribution in [2.24, 2.45) is 5.92 Å². The molecule has 0 saturated carbocycles. The van der Waals surface area contributed by atoms with E-state index >= 15 is 0 Å². The van der Waals surface area contributed by atoms with Crippen molar-refractivity contribution in [2.75, 3.05) is 0 Å². The van der Waals surface area contributed by atoms with Crippen molar-refractivity contribution >= 4 is 21.7 Å². The average Bonchev–Trinajstić information content (AvgIpc) is 2.59. The Morgan fingerprint density at radius 2 is 2.31 bits per heavy atom. The maximum atomic E-state index is 11.9. The van der Waals surface area contributed by atoms with Crippen molar-refractivity contribution < 1.29 is 9.53 Å². The Balaban J connectivity index is 2.08. The van der Waals surface area contributed by atoms with Crippen LogP contribution in [0.15, 0.2) is 22.7 Å². The SMILES string of the molecule is CC(C)CC(=O)C1Cc2ccc(Br)cc2O1. The summed E-state index contributed by atoms with van der Waals surface area (Å²) in [5, 5.41) is 0. The maximum absolute atomic E-state index is 11.9. The predicted molar refractivity (Wildman–Crippen MR) is 66.7 cm³/mol. The molecule has 16 heavy (non-hydrogen) atoms. The molecule has 0 amide bonds. The van der Waals surface area contributed by atoms with Crippen LogP contribution in [0.25, 0.3) is 0 Å². The van der Waals surface area contributed by atoms with Gasteiger partial charge in [0, 0.05) is 17.3 Å². The van der Waals surface area contributed by atoms with Gasteiger partial charge in [-0.05, 0) is 23.6 Å². The van der Waals surface area contributed by atoms with Crippen LogP contribution in [0.5, 0.6) is 5.75 Å². The van der Waals surface area contributed by atoms with Crippen LogP contribution in [0.3, 0.4) is 0 Å². The number of ketones is 1. The van der Waals surface area contributed by atoms with Crippen molar-refractivity contribution in [2.45, 2.75) is 32.8 Å². The molecular formula is C13H15BrO2. The first kappa shape index (κ1) is 11.6. The normalized spacial score (nSPS) is 18.4. The molecule has 1 aliphatic heterocycles. The van der Waals surface area contributed by atoms with Crippen LogP contribution in [0.2, 0.25) is 0 Å². The van der Waals surface area contributed by atoms with Gasteiger partial charge in [-0.25, -0.2) is 0 Å². The lowest BCUT2D eigenvalue weighted by Crippen LogP contribution is -2.26. The van der Waals surface area contributed by atoms with Crippen LogP contribution >= 0.6 is 15.9 Å². The van der Waals surface area contributed by atoms with E-state index < -0.39 is 0 Å². The molecule has 1 aromatic carbocycles. The van der Waals surface area contributed by atoms with E-state index in [4.69, 9.17) is 4.74 Å². The number of ether oxygens (including phenoxy) is 1. The highest BCUT2D eigenvalue weighted by molar-refractivity contribution is 9.10. The van der Waals surface area contributed by atoms with E-state index in [1.54, 1.807) is 0 Å². The first-order valence-electron chi connectivity index (χ1n) is 5.54. The molecule has 0 saturated heterocycles. The summed E-state index contributed by atoms with van der Waals surface area (Å²) in [5.74, 6) is 1.45. The molecule has 86 valence electrons. The van der Waals surface area contributed by atoms with Gasteiger partial charge in [-0.3, -0.25) is 4.79 Å². The summed E-state index contributed by atoms with van der Waals surface area (Å²) in [7, 11) is 0. The van der Waals surface area contributed by atoms with E-state index in [-0.39, 0.29) is 11.9 Å². The average molecular weight is 283 g/mol. The minimum Gasteiger partial charge on any atom is -0.482 e. The third kappa shape index (κ3) is 2.46. The van der Waals surface area contributed by atoms with Gasteiger partial charge in [0.05, 0.1) is 0 Å². The topological polar surface area (TPSA) is 26.3 Å². The van der Waals surface area contributed by atoms with Gasteiger partial charge < -0.3 is 4.74 Å². The van der Waals surface area contributed by atoms with Crippen LogP contribution in [0, 0.1) is 5.92 Å². The zero-order valence-electron chi connectivity index (χ0n) is 9.50. The van der Waals surface area contributed by atoms with Crippen molar-refractivity contribution in [1.82, 2.24) is 0 Å². The first-order valence-corrected chi connectivity index (χ1v) is 6.33. The third-order valence-electron chi connectivity index (χ3n) is 2.67. The van der Waals surface area contributed by atoms with Gasteiger partial charge in [-0.15, -0.1) is 0 Å². The molecule has 1 unspecified atom stereocenters. The fraction of sp³-hybridized carbons (Fsp3) is 0.462. The van der Waals surface area contributed by atoms with Gasteiger partial charge in [0.25, 0.3) is 0 Å². The first-order chi connectivity index (χ1) is 7.56. The smallest absolute Gasteiger partial charge is 0.173 e. The van der Waals surface area contributed by atoms with Crippen molar-refractivity contribution in [3.63, 3.8) is 0 Å². The van der Waals surface area contributed by atoms with E-state index in [1.807, 2.05) is 18.2 Å². The molecule has 3 heteroatoms. The highest BCUT2D eigenvalue weighted by Gasteiger charge is 2.28. The monoisotopic (exact) mass is 282 g/mol. The molecule has 0 aliphatic carbocycles. The number of hydrogen-bond acceptors (Lipinski definition) is 2. The van der Waals surface area contributed by atoms with E-state index in [1.165, 1.54) is 0 Å². The second-order valence-corrected chi connectivity index (χ2v) is 5.54. The largest absolute Gasteiger partial charge is 0.482 e. The van der Waals surface area contributed by atoms with Crippen molar-refractivity contribution in [1.29, 1.82) is 0 Å². The van der Waals surface area contributed by atoms with Crippen LogP contribution < -0.4 is 4.74 Å². The van der Waals surface area contributed by atoms with Crippen molar-refractivity contribution in [3.8, 4) is 5.75 Å². The number of carbonyl (C=O) groups excluding carboxylic acids is 1. The minimum atomic E-state index is -0.272. The lowest BCUT2D eigenvalue weighted by molar-refractivity contribution is -0.125. The van der Waals surface area contributed by atoms with Gasteiger partial charge >= 0.3 is 0 Å². The quantitative estimate of drug-likeness (QED) is 0.850. The molecule has 2 nitrogen and oxygen atoms in total. The molecule has 0 aromatic heterocycles. The van der Waals surface area contributed by atoms with Gasteiger partial charge in [-0.2, -0.15) is 0 Å². The molecule has 1 aliphatic rings. The molecule has 0 radical (unpaired) electrons. The Labute approximate surface area is 104 Å². The van der Waals surface area contributed by atoms with E-state index in [9.17, 15) is 4.79 Å². The zero-order valence-corrected chi connectivity index (χ0v) is 11.1. The maximum Gasteiger partial charge on any atom is 0.173 e. The minimum absolute atomic E-state index is 0.210. The number of carbonyl (C=O) groups is 1. The summed E-state index contributed by atoms with van der Waals surface area (Å²) in [6, 6.07) is 5.93. The van der Waals surface area contributed by atoms with Crippen LogP contribution in [-0.2, 0) is 11.2 Å². The zero-order chi connectivity index (χ0) is 11.7. The number of halogens is 1. The van der Waals surface area contributed by atoms with Gasteiger partial charge in [0.15, 0.2) is 11.9 Å². The molecular weight excluding hydrogens is 268 g/mol. The highest BCUT2D eigenvalue weighted by Crippen LogP contribution is 2.32. The molecule has 0 bridgehead atoms. The molecule has 0 N–H and O–H groups in total. The number of hydrogen-bond donors (Lipinski definition) is 0. The summed E-state index contributed by atoms with van der Waals surface area (Å²) in [4.78, 5) is 11.9. The van der Waals surface area contributed by atoms with Crippen LogP contribution in [-0.4, -0.2) is 11.9 Å². The summed E-state index contributed by atoms with van der Waals surface area (Å²) in [5.41, 5.74) is 1.13. The van der Waals surface area contributed by atoms with Gasteiger partial charge in [-0.1, -0.05) is 35.8 Å². The second kappa shape index (κ2) is 4.58. The summed E-state index contributed by atoms with van der Waals surface area (Å²) >= 11 is 3.40. The Morgan fingerprint density at radius 3 is 3.00 bits per heavy atom. The summed E-state index contributed by atoms with van der Waals surface area (Å²) < 4.78 is 6.66. The lowest BCUT2D eigenvalue weighted by Gasteiger charge is -2.10. The molecule has 1 atom stereocenters. The van der Waals surface area contributed by atoms with E-state index in [0.717, 1.165) is 15.8 Å². The number of Topliss-reactive ketones (excluding diaryl/α,β-unsaturated/α-hetero) is 1. The molecule has 1 aromatic rings. The number of benzene rings is 1. The number of rotatable bonds is 3. The lowest BCUT2D eigenvalue weighted by atomic mass is 10.0. The van der Waals surface area contributed by atoms with E-state index in [2.05, 4.69) is 29.8 Å².